The van der Waals surface area contributed by atoms with E-state index in [1.165, 1.54) is 18.3 Å². The van der Waals surface area contributed by atoms with Gasteiger partial charge in [-0.05, 0) is 28.8 Å². The molecule has 0 saturated heterocycles. The number of nitrogens with two attached hydrogens (primary N) is 1. The smallest absolute Gasteiger partial charge is 0.404 e. The fourth-order valence-corrected chi connectivity index (χ4v) is 3.92. The zero-order chi connectivity index (χ0) is 20.2. The summed E-state index contributed by atoms with van der Waals surface area (Å²) >= 11 is 0. The molecule has 1 atom stereocenters. The van der Waals surface area contributed by atoms with Gasteiger partial charge < -0.3 is 15.7 Å². The predicted octanol–water partition coefficient (Wildman–Crippen LogP) is 3.47. The van der Waals surface area contributed by atoms with Crippen molar-refractivity contribution >= 4 is 14.0 Å². The van der Waals surface area contributed by atoms with Gasteiger partial charge in [-0.3, -0.25) is 9.79 Å². The van der Waals surface area contributed by atoms with E-state index in [4.69, 9.17) is 20.9 Å². The normalized spacial score (nSPS) is 13.0. The first-order chi connectivity index (χ1) is 13.4. The van der Waals surface area contributed by atoms with E-state index in [1.807, 2.05) is 60.7 Å². The average molecular weight is 396 g/mol. The van der Waals surface area contributed by atoms with Gasteiger partial charge in [0.05, 0.1) is 11.5 Å². The fraction of sp³-hybridized carbons (Fsp3) is 0.0952. The molecule has 6 nitrogen and oxygen atoms in total. The summed E-state index contributed by atoms with van der Waals surface area (Å²) in [5, 5.41) is 7.89. The SMILES string of the molecule is N=CC(N)C(c1ccccc1)(c1ccccc1)c1ccc(OP(=O)(O)O)cc1. The van der Waals surface area contributed by atoms with E-state index in [0.717, 1.165) is 16.7 Å². The van der Waals surface area contributed by atoms with Gasteiger partial charge in [0.15, 0.2) is 0 Å². The molecule has 3 rings (SSSR count). The van der Waals surface area contributed by atoms with Gasteiger partial charge in [0.1, 0.15) is 5.75 Å². The molecule has 0 fully saturated rings. The van der Waals surface area contributed by atoms with E-state index in [0.29, 0.717) is 0 Å². The Hall–Kier alpha value is -2.76. The van der Waals surface area contributed by atoms with Crippen molar-refractivity contribution < 1.29 is 18.9 Å². The maximum atomic E-state index is 11.1. The van der Waals surface area contributed by atoms with Gasteiger partial charge in [-0.2, -0.15) is 0 Å². The van der Waals surface area contributed by atoms with Gasteiger partial charge in [-0.15, -0.1) is 0 Å². The standard InChI is InChI=1S/C21H21N2O4P/c22-15-20(23)21(16-7-3-1-4-8-16,17-9-5-2-6-10-17)18-11-13-19(14-12-18)27-28(24,25)26/h1-15,20,22H,23H2,(H2,24,25,26). The maximum Gasteiger partial charge on any atom is 0.524 e. The summed E-state index contributed by atoms with van der Waals surface area (Å²) in [4.78, 5) is 18.0. The van der Waals surface area contributed by atoms with Crippen LogP contribution in [0.2, 0.25) is 0 Å². The van der Waals surface area contributed by atoms with Crippen LogP contribution >= 0.6 is 7.82 Å². The molecule has 144 valence electrons. The quantitative estimate of drug-likeness (QED) is 0.277. The monoisotopic (exact) mass is 396 g/mol. The predicted molar refractivity (Wildman–Crippen MR) is 109 cm³/mol. The molecule has 0 aliphatic heterocycles. The molecule has 0 bridgehead atoms. The largest absolute Gasteiger partial charge is 0.524 e. The molecular weight excluding hydrogens is 375 g/mol. The first-order valence-corrected chi connectivity index (χ1v) is 10.1. The lowest BCUT2D eigenvalue weighted by Gasteiger charge is -2.39. The highest BCUT2D eigenvalue weighted by Crippen LogP contribution is 2.43. The van der Waals surface area contributed by atoms with E-state index in [1.54, 1.807) is 12.1 Å². The number of hydrogen-bond donors (Lipinski definition) is 4. The zero-order valence-corrected chi connectivity index (χ0v) is 15.9. The Morgan fingerprint density at radius 3 is 1.68 bits per heavy atom. The Morgan fingerprint density at radius 2 is 1.29 bits per heavy atom. The highest BCUT2D eigenvalue weighted by molar-refractivity contribution is 7.46. The maximum absolute atomic E-state index is 11.1. The number of hydrogen-bond acceptors (Lipinski definition) is 4. The van der Waals surface area contributed by atoms with Crippen molar-refractivity contribution in [2.24, 2.45) is 5.73 Å². The molecule has 0 aliphatic carbocycles. The fourth-order valence-electron chi connectivity index (χ4n) is 3.52. The lowest BCUT2D eigenvalue weighted by molar-refractivity contribution is 0.283. The second-order valence-corrected chi connectivity index (χ2v) is 7.50. The zero-order valence-electron chi connectivity index (χ0n) is 15.0. The second kappa shape index (κ2) is 8.09. The third kappa shape index (κ3) is 3.91. The summed E-state index contributed by atoms with van der Waals surface area (Å²) in [7, 11) is -4.65. The van der Waals surface area contributed by atoms with Crippen molar-refractivity contribution in [2.75, 3.05) is 0 Å². The Morgan fingerprint density at radius 1 is 0.857 bits per heavy atom. The Kier molecular flexibility index (Phi) is 5.77. The van der Waals surface area contributed by atoms with Crippen LogP contribution in [0, 0.1) is 5.41 Å². The number of nitrogens with one attached hydrogen (secondary N) is 1. The van der Waals surface area contributed by atoms with E-state index >= 15 is 0 Å². The van der Waals surface area contributed by atoms with Crippen molar-refractivity contribution in [2.45, 2.75) is 11.5 Å². The molecule has 0 spiro atoms. The highest BCUT2D eigenvalue weighted by atomic mass is 31.2. The van der Waals surface area contributed by atoms with E-state index in [9.17, 15) is 4.57 Å². The molecule has 3 aromatic carbocycles. The average Bonchev–Trinajstić information content (AvgIpc) is 2.70. The minimum Gasteiger partial charge on any atom is -0.404 e. The molecule has 3 aromatic rings. The van der Waals surface area contributed by atoms with Crippen molar-refractivity contribution in [3.63, 3.8) is 0 Å². The van der Waals surface area contributed by atoms with Gasteiger partial charge >= 0.3 is 7.82 Å². The lowest BCUT2D eigenvalue weighted by Crippen LogP contribution is -2.48. The van der Waals surface area contributed by atoms with Gasteiger partial charge in [0.25, 0.3) is 0 Å². The molecule has 0 heterocycles. The first kappa shape index (κ1) is 20.0. The van der Waals surface area contributed by atoms with Gasteiger partial charge in [0, 0.05) is 6.21 Å². The molecule has 0 saturated carbocycles. The van der Waals surface area contributed by atoms with E-state index in [-0.39, 0.29) is 5.75 Å². The summed E-state index contributed by atoms with van der Waals surface area (Å²) in [5.74, 6) is 0.0514. The van der Waals surface area contributed by atoms with Crippen LogP contribution in [0.5, 0.6) is 5.75 Å². The molecule has 1 unspecified atom stereocenters. The third-order valence-electron chi connectivity index (χ3n) is 4.67. The molecular formula is C21H21N2O4P. The van der Waals surface area contributed by atoms with Crippen LogP contribution in [-0.4, -0.2) is 22.0 Å². The molecule has 28 heavy (non-hydrogen) atoms. The minimum absolute atomic E-state index is 0.0514. The Bertz CT molecular complexity index is 933. The first-order valence-electron chi connectivity index (χ1n) is 8.61. The second-order valence-electron chi connectivity index (χ2n) is 6.34. The van der Waals surface area contributed by atoms with Crippen LogP contribution in [0.1, 0.15) is 16.7 Å². The van der Waals surface area contributed by atoms with Crippen molar-refractivity contribution in [1.29, 1.82) is 5.41 Å². The van der Waals surface area contributed by atoms with Gasteiger partial charge in [-0.25, -0.2) is 4.57 Å². The summed E-state index contributed by atoms with van der Waals surface area (Å²) in [5.41, 5.74) is 8.22. The van der Waals surface area contributed by atoms with Crippen LogP contribution in [0.25, 0.3) is 0 Å². The molecule has 7 heteroatoms. The summed E-state index contributed by atoms with van der Waals surface area (Å²) in [6, 6.07) is 25.0. The van der Waals surface area contributed by atoms with Gasteiger partial charge in [0.2, 0.25) is 0 Å². The van der Waals surface area contributed by atoms with Crippen LogP contribution < -0.4 is 10.3 Å². The summed E-state index contributed by atoms with van der Waals surface area (Å²) in [6.07, 6.45) is 1.21. The third-order valence-corrected chi connectivity index (χ3v) is 5.12. The molecule has 0 radical (unpaired) electrons. The Labute approximate surface area is 163 Å². The number of benzene rings is 3. The van der Waals surface area contributed by atoms with Crippen LogP contribution in [0.4, 0.5) is 0 Å². The molecule has 0 amide bonds. The topological polar surface area (TPSA) is 117 Å². The highest BCUT2D eigenvalue weighted by Gasteiger charge is 2.41. The number of phosphoric acid groups is 1. The van der Waals surface area contributed by atoms with Crippen molar-refractivity contribution in [3.05, 3.63) is 102 Å². The number of rotatable bonds is 7. The summed E-state index contributed by atoms with van der Waals surface area (Å²) < 4.78 is 15.8. The summed E-state index contributed by atoms with van der Waals surface area (Å²) in [6.45, 7) is 0. The van der Waals surface area contributed by atoms with E-state index in [2.05, 4.69) is 4.52 Å². The van der Waals surface area contributed by atoms with Crippen LogP contribution in [0.3, 0.4) is 0 Å². The molecule has 5 N–H and O–H groups in total. The van der Waals surface area contributed by atoms with Crippen molar-refractivity contribution in [3.8, 4) is 5.75 Å². The Balaban J connectivity index is 2.24. The van der Waals surface area contributed by atoms with Crippen LogP contribution in [0.15, 0.2) is 84.9 Å². The lowest BCUT2D eigenvalue weighted by atomic mass is 9.65. The number of phosphoric ester groups is 1. The van der Waals surface area contributed by atoms with Crippen molar-refractivity contribution in [1.82, 2.24) is 0 Å². The minimum atomic E-state index is -4.65. The molecule has 0 aromatic heterocycles. The van der Waals surface area contributed by atoms with Gasteiger partial charge in [-0.1, -0.05) is 72.8 Å². The van der Waals surface area contributed by atoms with E-state index < -0.39 is 19.3 Å². The van der Waals surface area contributed by atoms with Crippen LogP contribution in [-0.2, 0) is 9.98 Å². The molecule has 0 aliphatic rings.